The fraction of sp³-hybridized carbons (Fsp3) is 0.333. The number of halogens is 2. The van der Waals surface area contributed by atoms with Crippen molar-refractivity contribution in [2.24, 2.45) is 5.92 Å². The van der Waals surface area contributed by atoms with Crippen molar-refractivity contribution in [1.82, 2.24) is 4.57 Å². The predicted octanol–water partition coefficient (Wildman–Crippen LogP) is 5.88. The number of hydrogen-bond acceptors (Lipinski definition) is 3. The molecule has 3 aromatic rings. The maximum atomic E-state index is 14.3. The van der Waals surface area contributed by atoms with E-state index < -0.39 is 29.4 Å². The van der Waals surface area contributed by atoms with Crippen molar-refractivity contribution in [2.45, 2.75) is 44.9 Å². The molecule has 0 radical (unpaired) electrons. The summed E-state index contributed by atoms with van der Waals surface area (Å²) >= 11 is 5.93. The molecule has 1 heterocycles. The van der Waals surface area contributed by atoms with Crippen molar-refractivity contribution in [3.63, 3.8) is 0 Å². The fourth-order valence-electron chi connectivity index (χ4n) is 4.79. The second kappa shape index (κ2) is 8.35. The van der Waals surface area contributed by atoms with E-state index in [-0.39, 0.29) is 5.52 Å². The molecule has 5 nitrogen and oxygen atoms in total. The molecule has 31 heavy (non-hydrogen) atoms. The Morgan fingerprint density at radius 3 is 2.45 bits per heavy atom. The minimum absolute atomic E-state index is 0.237. The van der Waals surface area contributed by atoms with E-state index in [9.17, 15) is 24.2 Å². The van der Waals surface area contributed by atoms with Crippen molar-refractivity contribution in [1.29, 1.82) is 0 Å². The molecule has 1 unspecified atom stereocenters. The molecule has 2 aromatic carbocycles. The van der Waals surface area contributed by atoms with Gasteiger partial charge in [0.2, 0.25) is 0 Å². The van der Waals surface area contributed by atoms with Crippen molar-refractivity contribution in [2.75, 3.05) is 0 Å². The Labute approximate surface area is 184 Å². The molecule has 0 amide bonds. The summed E-state index contributed by atoms with van der Waals surface area (Å²) in [7, 11) is 0. The lowest BCUT2D eigenvalue weighted by Gasteiger charge is -2.18. The number of hydrogen-bond donors (Lipinski definition) is 2. The molecule has 1 aromatic heterocycles. The molecular weight excluding hydrogens is 421 g/mol. The average Bonchev–Trinajstić information content (AvgIpc) is 3.33. The van der Waals surface area contributed by atoms with Gasteiger partial charge < -0.3 is 10.2 Å². The molecule has 7 heteroatoms. The van der Waals surface area contributed by atoms with Crippen LogP contribution in [0.4, 0.5) is 4.39 Å². The lowest BCUT2D eigenvalue weighted by Crippen LogP contribution is -2.18. The number of carbonyl (C=O) groups excluding carboxylic acids is 1. The highest BCUT2D eigenvalue weighted by Crippen LogP contribution is 2.41. The number of rotatable bonds is 5. The van der Waals surface area contributed by atoms with E-state index >= 15 is 0 Å². The van der Waals surface area contributed by atoms with Crippen LogP contribution in [-0.4, -0.2) is 26.7 Å². The van der Waals surface area contributed by atoms with E-state index in [0.717, 1.165) is 31.7 Å². The molecule has 1 aliphatic rings. The van der Waals surface area contributed by atoms with E-state index in [1.165, 1.54) is 10.6 Å². The third-order valence-electron chi connectivity index (χ3n) is 6.31. The van der Waals surface area contributed by atoms with Gasteiger partial charge in [-0.3, -0.25) is 14.2 Å². The first-order chi connectivity index (χ1) is 14.8. The second-order valence-corrected chi connectivity index (χ2v) is 8.68. The quantitative estimate of drug-likeness (QED) is 0.515. The Bertz CT molecular complexity index is 1160. The van der Waals surface area contributed by atoms with E-state index in [4.69, 9.17) is 11.6 Å². The smallest absolute Gasteiger partial charge is 0.311 e. The van der Waals surface area contributed by atoms with Crippen molar-refractivity contribution >= 4 is 34.4 Å². The van der Waals surface area contributed by atoms with E-state index in [2.05, 4.69) is 0 Å². The van der Waals surface area contributed by atoms with Gasteiger partial charge in [0.15, 0.2) is 11.6 Å². The summed E-state index contributed by atoms with van der Waals surface area (Å²) < 4.78 is 15.6. The number of benzene rings is 2. The number of carboxylic acid groups (broad SMARTS) is 1. The first-order valence-corrected chi connectivity index (χ1v) is 10.7. The number of phenolic OH excluding ortho intramolecular Hbond substituents is 1. The van der Waals surface area contributed by atoms with Gasteiger partial charge in [-0.2, -0.15) is 0 Å². The number of phenols is 1. The zero-order chi connectivity index (χ0) is 22.3. The molecule has 1 fully saturated rings. The van der Waals surface area contributed by atoms with Crippen molar-refractivity contribution in [3.05, 3.63) is 64.1 Å². The first-order valence-electron chi connectivity index (χ1n) is 10.3. The maximum Gasteiger partial charge on any atom is 0.311 e. The van der Waals surface area contributed by atoms with E-state index in [1.54, 1.807) is 31.2 Å². The van der Waals surface area contributed by atoms with Crippen molar-refractivity contribution in [3.8, 4) is 5.75 Å². The topological polar surface area (TPSA) is 79.5 Å². The van der Waals surface area contributed by atoms with Gasteiger partial charge in [-0.1, -0.05) is 37.3 Å². The van der Waals surface area contributed by atoms with Crippen LogP contribution >= 0.6 is 11.6 Å². The van der Waals surface area contributed by atoms with Gasteiger partial charge in [0, 0.05) is 27.7 Å². The highest BCUT2D eigenvalue weighted by atomic mass is 35.5. The van der Waals surface area contributed by atoms with Crippen LogP contribution in [0.3, 0.4) is 0 Å². The zero-order valence-electron chi connectivity index (χ0n) is 17.1. The monoisotopic (exact) mass is 443 g/mol. The van der Waals surface area contributed by atoms with Gasteiger partial charge in [-0.05, 0) is 55.2 Å². The van der Waals surface area contributed by atoms with Gasteiger partial charge in [0.05, 0.1) is 11.4 Å². The summed E-state index contributed by atoms with van der Waals surface area (Å²) in [5.74, 6) is -3.41. The molecule has 0 aliphatic heterocycles. The zero-order valence-corrected chi connectivity index (χ0v) is 17.8. The van der Waals surface area contributed by atoms with E-state index in [1.807, 2.05) is 0 Å². The number of carbonyl (C=O) groups is 2. The van der Waals surface area contributed by atoms with Crippen LogP contribution in [0.15, 0.2) is 36.4 Å². The number of aromatic hydroxyl groups is 1. The lowest BCUT2D eigenvalue weighted by molar-refractivity contribution is -0.139. The van der Waals surface area contributed by atoms with Gasteiger partial charge >= 0.3 is 5.97 Å². The third-order valence-corrected chi connectivity index (χ3v) is 6.56. The lowest BCUT2D eigenvalue weighted by atomic mass is 9.86. The third kappa shape index (κ3) is 3.92. The number of aromatic nitrogens is 1. The maximum absolute atomic E-state index is 14.3. The number of carboxylic acids is 1. The van der Waals surface area contributed by atoms with Crippen LogP contribution in [0.1, 0.15) is 59.6 Å². The molecule has 1 atom stereocenters. The van der Waals surface area contributed by atoms with Gasteiger partial charge in [-0.25, -0.2) is 4.39 Å². The predicted molar refractivity (Wildman–Crippen MR) is 116 cm³/mol. The largest absolute Gasteiger partial charge is 0.505 e. The molecule has 2 N–H and O–H groups in total. The summed E-state index contributed by atoms with van der Waals surface area (Å²) in [6.07, 6.45) is 4.57. The summed E-state index contributed by atoms with van der Waals surface area (Å²) in [4.78, 5) is 25.6. The normalized spacial score (nSPS) is 15.5. The van der Waals surface area contributed by atoms with Gasteiger partial charge in [0.1, 0.15) is 0 Å². The van der Waals surface area contributed by atoms with Gasteiger partial charge in [-0.15, -0.1) is 0 Å². The van der Waals surface area contributed by atoms with Crippen LogP contribution in [0.2, 0.25) is 5.02 Å². The minimum atomic E-state index is -0.989. The summed E-state index contributed by atoms with van der Waals surface area (Å²) in [5.41, 5.74) is 1.46. The summed E-state index contributed by atoms with van der Waals surface area (Å²) in [6, 6.07) is 8.62. The van der Waals surface area contributed by atoms with Crippen LogP contribution < -0.4 is 0 Å². The summed E-state index contributed by atoms with van der Waals surface area (Å²) in [6.45, 7) is 1.67. The molecule has 0 saturated heterocycles. The SMILES string of the molecule is Cc1c(C(CC2CCCC2)C(=O)O)c2cc(O)c(F)cc2n1C(=O)c1ccc(Cl)cc1. The van der Waals surface area contributed by atoms with Gasteiger partial charge in [0.25, 0.3) is 5.91 Å². The fourth-order valence-corrected chi connectivity index (χ4v) is 4.92. The highest BCUT2D eigenvalue weighted by molar-refractivity contribution is 6.30. The average molecular weight is 444 g/mol. The minimum Gasteiger partial charge on any atom is -0.505 e. The van der Waals surface area contributed by atoms with Crippen molar-refractivity contribution < 1.29 is 24.2 Å². The Kier molecular flexibility index (Phi) is 5.75. The first kappa shape index (κ1) is 21.4. The number of nitrogens with zero attached hydrogens (tertiary/aromatic N) is 1. The van der Waals surface area contributed by atoms with Crippen LogP contribution in [-0.2, 0) is 4.79 Å². The second-order valence-electron chi connectivity index (χ2n) is 8.24. The Balaban J connectivity index is 1.91. The molecule has 162 valence electrons. The molecule has 0 bridgehead atoms. The summed E-state index contributed by atoms with van der Waals surface area (Å²) in [5, 5.41) is 20.9. The van der Waals surface area contributed by atoms with E-state index in [0.29, 0.717) is 39.6 Å². The Morgan fingerprint density at radius 1 is 1.19 bits per heavy atom. The molecule has 0 spiro atoms. The molecule has 1 aliphatic carbocycles. The number of aliphatic carboxylic acids is 1. The Morgan fingerprint density at radius 2 is 1.84 bits per heavy atom. The van der Waals surface area contributed by atoms with Crippen LogP contribution in [0.5, 0.6) is 5.75 Å². The molecule has 1 saturated carbocycles. The van der Waals surface area contributed by atoms with Crippen LogP contribution in [0.25, 0.3) is 10.9 Å². The number of fused-ring (bicyclic) bond motifs is 1. The van der Waals surface area contributed by atoms with Crippen LogP contribution in [0, 0.1) is 18.7 Å². The molecular formula is C24H23ClFNO4. The molecule has 4 rings (SSSR count). The Hall–Kier alpha value is -2.86. The highest BCUT2D eigenvalue weighted by Gasteiger charge is 2.32. The standard InChI is InChI=1S/C24H23ClFNO4/c1-13-22(18(24(30)31)10-14-4-2-3-5-14)17-11-21(28)19(26)12-20(17)27(13)23(29)15-6-8-16(25)9-7-15/h6-9,11-12,14,18,28H,2-5,10H2,1H3,(H,30,31).